The molecule has 1 N–H and O–H groups in total. The van der Waals surface area contributed by atoms with E-state index in [9.17, 15) is 4.39 Å². The maximum Gasteiger partial charge on any atom is 0.124 e. The molecule has 2 aromatic carbocycles. The Labute approximate surface area is 112 Å². The quantitative estimate of drug-likeness (QED) is 0.897. The summed E-state index contributed by atoms with van der Waals surface area (Å²) in [5.41, 5.74) is 2.24. The van der Waals surface area contributed by atoms with Gasteiger partial charge in [-0.15, -0.1) is 0 Å². The van der Waals surface area contributed by atoms with Crippen LogP contribution in [0.2, 0.25) is 0 Å². The molecule has 1 atom stereocenters. The molecule has 0 radical (unpaired) electrons. The van der Waals surface area contributed by atoms with Crippen molar-refractivity contribution in [2.75, 3.05) is 11.9 Å². The number of nitrogens with one attached hydrogen (secondary N) is 1. The summed E-state index contributed by atoms with van der Waals surface area (Å²) < 4.78 is 13.0. The highest BCUT2D eigenvalue weighted by atomic mass is 19.1. The Bertz CT molecular complexity index is 587. The van der Waals surface area contributed by atoms with E-state index in [1.807, 2.05) is 24.3 Å². The van der Waals surface area contributed by atoms with Crippen LogP contribution in [-0.4, -0.2) is 6.54 Å². The van der Waals surface area contributed by atoms with Crippen molar-refractivity contribution >= 4 is 5.69 Å². The average molecular weight is 254 g/mol. The van der Waals surface area contributed by atoms with E-state index in [1.54, 1.807) is 6.07 Å². The number of hydrogen-bond acceptors (Lipinski definition) is 2. The molecule has 3 heteroatoms. The monoisotopic (exact) mass is 254 g/mol. The third-order valence-corrected chi connectivity index (χ3v) is 3.07. The predicted octanol–water partition coefficient (Wildman–Crippen LogP) is 3.91. The van der Waals surface area contributed by atoms with Crippen molar-refractivity contribution in [3.8, 4) is 6.07 Å². The SMILES string of the molecule is CC(CNc1ccc(F)cc1C#N)c1ccccc1. The minimum Gasteiger partial charge on any atom is -0.383 e. The van der Waals surface area contributed by atoms with Crippen molar-refractivity contribution in [2.45, 2.75) is 12.8 Å². The smallest absolute Gasteiger partial charge is 0.124 e. The first kappa shape index (κ1) is 13.1. The van der Waals surface area contributed by atoms with Gasteiger partial charge in [0.05, 0.1) is 11.3 Å². The van der Waals surface area contributed by atoms with E-state index in [2.05, 4.69) is 24.4 Å². The Morgan fingerprint density at radius 3 is 2.63 bits per heavy atom. The first-order chi connectivity index (χ1) is 9.20. The van der Waals surface area contributed by atoms with Gasteiger partial charge in [-0.1, -0.05) is 37.3 Å². The maximum absolute atomic E-state index is 13.0. The molecule has 2 rings (SSSR count). The van der Waals surface area contributed by atoms with Crippen LogP contribution in [0.1, 0.15) is 24.0 Å². The van der Waals surface area contributed by atoms with Gasteiger partial charge < -0.3 is 5.32 Å². The molecule has 0 amide bonds. The molecule has 0 bridgehead atoms. The summed E-state index contributed by atoms with van der Waals surface area (Å²) in [6, 6.07) is 16.3. The molecule has 0 saturated heterocycles. The van der Waals surface area contributed by atoms with Gasteiger partial charge >= 0.3 is 0 Å². The van der Waals surface area contributed by atoms with Crippen LogP contribution in [0.3, 0.4) is 0 Å². The summed E-state index contributed by atoms with van der Waals surface area (Å²) in [5.74, 6) is -0.0731. The van der Waals surface area contributed by atoms with Gasteiger partial charge in [-0.05, 0) is 29.7 Å². The van der Waals surface area contributed by atoms with E-state index in [0.717, 1.165) is 0 Å². The molecule has 1 unspecified atom stereocenters. The normalized spacial score (nSPS) is 11.6. The Kier molecular flexibility index (Phi) is 4.15. The molecule has 0 aliphatic heterocycles. The summed E-state index contributed by atoms with van der Waals surface area (Å²) in [6.45, 7) is 2.81. The van der Waals surface area contributed by atoms with Crippen LogP contribution in [0.5, 0.6) is 0 Å². The molecule has 96 valence electrons. The minimum absolute atomic E-state index is 0.317. The molecule has 0 aromatic heterocycles. The lowest BCUT2D eigenvalue weighted by molar-refractivity contribution is 0.627. The van der Waals surface area contributed by atoms with E-state index >= 15 is 0 Å². The second kappa shape index (κ2) is 6.01. The van der Waals surface area contributed by atoms with Gasteiger partial charge in [0.15, 0.2) is 0 Å². The Morgan fingerprint density at radius 1 is 1.21 bits per heavy atom. The van der Waals surface area contributed by atoms with Crippen molar-refractivity contribution in [3.05, 3.63) is 65.5 Å². The Hall–Kier alpha value is -2.34. The zero-order valence-electron chi connectivity index (χ0n) is 10.7. The first-order valence-corrected chi connectivity index (χ1v) is 6.19. The average Bonchev–Trinajstić information content (AvgIpc) is 2.46. The molecule has 0 saturated carbocycles. The molecular weight excluding hydrogens is 239 g/mol. The third kappa shape index (κ3) is 3.32. The fraction of sp³-hybridized carbons (Fsp3) is 0.188. The van der Waals surface area contributed by atoms with Crippen LogP contribution in [0.15, 0.2) is 48.5 Å². The Balaban J connectivity index is 2.05. The number of rotatable bonds is 4. The number of nitriles is 1. The zero-order chi connectivity index (χ0) is 13.7. The number of benzene rings is 2. The summed E-state index contributed by atoms with van der Waals surface area (Å²) in [4.78, 5) is 0. The molecular formula is C16H15FN2. The second-order valence-electron chi connectivity index (χ2n) is 4.49. The number of hydrogen-bond donors (Lipinski definition) is 1. The highest BCUT2D eigenvalue weighted by Gasteiger charge is 2.07. The summed E-state index contributed by atoms with van der Waals surface area (Å²) in [5, 5.41) is 12.2. The van der Waals surface area contributed by atoms with Crippen LogP contribution >= 0.6 is 0 Å². The number of anilines is 1. The van der Waals surface area contributed by atoms with E-state index in [-0.39, 0.29) is 0 Å². The third-order valence-electron chi connectivity index (χ3n) is 3.07. The second-order valence-corrected chi connectivity index (χ2v) is 4.49. The Morgan fingerprint density at radius 2 is 1.95 bits per heavy atom. The van der Waals surface area contributed by atoms with E-state index in [4.69, 9.17) is 5.26 Å². The molecule has 0 fully saturated rings. The van der Waals surface area contributed by atoms with E-state index in [0.29, 0.717) is 23.7 Å². The van der Waals surface area contributed by atoms with Gasteiger partial charge in [-0.3, -0.25) is 0 Å². The minimum atomic E-state index is -0.391. The highest BCUT2D eigenvalue weighted by molar-refractivity contribution is 5.57. The van der Waals surface area contributed by atoms with E-state index < -0.39 is 5.82 Å². The summed E-state index contributed by atoms with van der Waals surface area (Å²) >= 11 is 0. The molecule has 2 aromatic rings. The van der Waals surface area contributed by atoms with Crippen LogP contribution in [0.25, 0.3) is 0 Å². The summed E-state index contributed by atoms with van der Waals surface area (Å²) in [7, 11) is 0. The van der Waals surface area contributed by atoms with Crippen LogP contribution in [0.4, 0.5) is 10.1 Å². The zero-order valence-corrected chi connectivity index (χ0v) is 10.7. The van der Waals surface area contributed by atoms with Crippen molar-refractivity contribution in [2.24, 2.45) is 0 Å². The predicted molar refractivity (Wildman–Crippen MR) is 74.5 cm³/mol. The molecule has 19 heavy (non-hydrogen) atoms. The molecule has 0 heterocycles. The van der Waals surface area contributed by atoms with Crippen molar-refractivity contribution in [1.29, 1.82) is 5.26 Å². The van der Waals surface area contributed by atoms with Gasteiger partial charge in [0.2, 0.25) is 0 Å². The number of nitrogens with zero attached hydrogens (tertiary/aromatic N) is 1. The fourth-order valence-corrected chi connectivity index (χ4v) is 1.93. The topological polar surface area (TPSA) is 35.8 Å². The van der Waals surface area contributed by atoms with Crippen molar-refractivity contribution in [1.82, 2.24) is 0 Å². The molecule has 0 aliphatic rings. The molecule has 0 aliphatic carbocycles. The molecule has 2 nitrogen and oxygen atoms in total. The van der Waals surface area contributed by atoms with Crippen LogP contribution in [0, 0.1) is 17.1 Å². The lowest BCUT2D eigenvalue weighted by atomic mass is 10.0. The molecule has 0 spiro atoms. The number of halogens is 1. The van der Waals surface area contributed by atoms with Crippen molar-refractivity contribution < 1.29 is 4.39 Å². The van der Waals surface area contributed by atoms with Crippen molar-refractivity contribution in [3.63, 3.8) is 0 Å². The highest BCUT2D eigenvalue weighted by Crippen LogP contribution is 2.19. The van der Waals surface area contributed by atoms with Gasteiger partial charge in [-0.2, -0.15) is 5.26 Å². The van der Waals surface area contributed by atoms with Gasteiger partial charge in [0, 0.05) is 6.54 Å². The fourth-order valence-electron chi connectivity index (χ4n) is 1.93. The van der Waals surface area contributed by atoms with E-state index in [1.165, 1.54) is 17.7 Å². The maximum atomic E-state index is 13.0. The van der Waals surface area contributed by atoms with Gasteiger partial charge in [0.25, 0.3) is 0 Å². The lowest BCUT2D eigenvalue weighted by Crippen LogP contribution is -2.10. The lowest BCUT2D eigenvalue weighted by Gasteiger charge is -2.14. The standard InChI is InChI=1S/C16H15FN2/c1-12(13-5-3-2-4-6-13)11-19-16-8-7-15(17)9-14(16)10-18/h2-9,12,19H,11H2,1H3. The van der Waals surface area contributed by atoms with Gasteiger partial charge in [0.1, 0.15) is 11.9 Å². The van der Waals surface area contributed by atoms with Crippen LogP contribution in [-0.2, 0) is 0 Å². The summed E-state index contributed by atoms with van der Waals surface area (Å²) in [6.07, 6.45) is 0. The largest absolute Gasteiger partial charge is 0.383 e. The first-order valence-electron chi connectivity index (χ1n) is 6.19. The van der Waals surface area contributed by atoms with Gasteiger partial charge in [-0.25, -0.2) is 4.39 Å². The van der Waals surface area contributed by atoms with Crippen LogP contribution < -0.4 is 5.32 Å².